The lowest BCUT2D eigenvalue weighted by molar-refractivity contribution is 0.0925. The second kappa shape index (κ2) is 4.88. The molecule has 1 fully saturated rings. The van der Waals surface area contributed by atoms with Gasteiger partial charge in [0.25, 0.3) is 5.91 Å². The summed E-state index contributed by atoms with van der Waals surface area (Å²) in [7, 11) is 0. The van der Waals surface area contributed by atoms with Crippen LogP contribution < -0.4 is 11.1 Å². The van der Waals surface area contributed by atoms with E-state index in [0.29, 0.717) is 11.8 Å². The molecule has 4 N–H and O–H groups in total. The summed E-state index contributed by atoms with van der Waals surface area (Å²) >= 11 is 0. The van der Waals surface area contributed by atoms with E-state index in [2.05, 4.69) is 19.2 Å². The number of nitrogens with one attached hydrogen (secondary N) is 1. The van der Waals surface area contributed by atoms with Crippen molar-refractivity contribution >= 4 is 11.6 Å². The quantitative estimate of drug-likeness (QED) is 0.554. The van der Waals surface area contributed by atoms with E-state index in [9.17, 15) is 9.90 Å². The lowest BCUT2D eigenvalue weighted by atomic mass is 9.97. The third-order valence-corrected chi connectivity index (χ3v) is 4.09. The molecule has 0 spiro atoms. The predicted molar refractivity (Wildman–Crippen MR) is 71.3 cm³/mol. The van der Waals surface area contributed by atoms with Crippen molar-refractivity contribution in [2.24, 2.45) is 11.8 Å². The fraction of sp³-hybridized carbons (Fsp3) is 0.500. The average Bonchev–Trinajstić information content (AvgIpc) is 2.64. The topological polar surface area (TPSA) is 75.4 Å². The maximum atomic E-state index is 12.1. The van der Waals surface area contributed by atoms with Crippen LogP contribution in [0.1, 0.15) is 37.0 Å². The molecule has 0 radical (unpaired) electrons. The molecule has 0 aliphatic heterocycles. The molecule has 1 aliphatic rings. The molecule has 3 atom stereocenters. The molecule has 1 aromatic rings. The summed E-state index contributed by atoms with van der Waals surface area (Å²) in [5.74, 6) is 0.723. The van der Waals surface area contributed by atoms with E-state index in [1.54, 1.807) is 18.2 Å². The first-order chi connectivity index (χ1) is 8.50. The van der Waals surface area contributed by atoms with Crippen molar-refractivity contribution in [1.29, 1.82) is 0 Å². The lowest BCUT2D eigenvalue weighted by Gasteiger charge is -2.20. The largest absolute Gasteiger partial charge is 0.505 e. The lowest BCUT2D eigenvalue weighted by Crippen LogP contribution is -2.37. The Morgan fingerprint density at radius 3 is 2.72 bits per heavy atom. The summed E-state index contributed by atoms with van der Waals surface area (Å²) in [5.41, 5.74) is 6.07. The highest BCUT2D eigenvalue weighted by Gasteiger charge is 2.31. The number of hydrogen-bond donors (Lipinski definition) is 3. The Kier molecular flexibility index (Phi) is 3.45. The summed E-state index contributed by atoms with van der Waals surface area (Å²) in [5, 5.41) is 12.8. The van der Waals surface area contributed by atoms with E-state index >= 15 is 0 Å². The Hall–Kier alpha value is -1.71. The number of phenolic OH excluding ortho intramolecular Hbond substituents is 1. The Morgan fingerprint density at radius 1 is 1.39 bits per heavy atom. The third-order valence-electron chi connectivity index (χ3n) is 4.09. The molecule has 18 heavy (non-hydrogen) atoms. The van der Waals surface area contributed by atoms with Gasteiger partial charge >= 0.3 is 0 Å². The summed E-state index contributed by atoms with van der Waals surface area (Å²) < 4.78 is 0. The van der Waals surface area contributed by atoms with Crippen molar-refractivity contribution in [1.82, 2.24) is 5.32 Å². The van der Waals surface area contributed by atoms with Gasteiger partial charge in [0.2, 0.25) is 0 Å². The molecule has 0 heterocycles. The zero-order chi connectivity index (χ0) is 13.3. The molecule has 0 aromatic heterocycles. The van der Waals surface area contributed by atoms with Crippen LogP contribution in [-0.2, 0) is 0 Å². The standard InChI is InChI=1S/C14H20N2O2/c1-8-6-7-12(9(8)2)16-14(18)10-4-3-5-11(15)13(10)17/h3-5,8-9,12,17H,6-7,15H2,1-2H3,(H,16,18). The van der Waals surface area contributed by atoms with Gasteiger partial charge in [0, 0.05) is 6.04 Å². The number of hydrogen-bond acceptors (Lipinski definition) is 3. The zero-order valence-corrected chi connectivity index (χ0v) is 10.8. The van der Waals surface area contributed by atoms with Crippen LogP contribution in [-0.4, -0.2) is 17.1 Å². The second-order valence-corrected chi connectivity index (χ2v) is 5.24. The molecule has 1 aromatic carbocycles. The van der Waals surface area contributed by atoms with Crippen LogP contribution in [0.15, 0.2) is 18.2 Å². The van der Waals surface area contributed by atoms with Gasteiger partial charge < -0.3 is 16.2 Å². The molecule has 0 bridgehead atoms. The van der Waals surface area contributed by atoms with Crippen LogP contribution in [0.2, 0.25) is 0 Å². The Morgan fingerprint density at radius 2 is 2.11 bits per heavy atom. The molecule has 1 amide bonds. The molecule has 1 aliphatic carbocycles. The Balaban J connectivity index is 2.11. The molecular weight excluding hydrogens is 228 g/mol. The summed E-state index contributed by atoms with van der Waals surface area (Å²) in [6.07, 6.45) is 2.13. The minimum atomic E-state index is -0.245. The average molecular weight is 248 g/mol. The van der Waals surface area contributed by atoms with Crippen LogP contribution in [0.3, 0.4) is 0 Å². The number of carbonyl (C=O) groups is 1. The number of anilines is 1. The molecule has 1 saturated carbocycles. The van der Waals surface area contributed by atoms with Gasteiger partial charge in [-0.3, -0.25) is 4.79 Å². The number of amides is 1. The van der Waals surface area contributed by atoms with Crippen molar-refractivity contribution in [3.8, 4) is 5.75 Å². The number of carbonyl (C=O) groups excluding carboxylic acids is 1. The Bertz CT molecular complexity index is 459. The number of aromatic hydroxyl groups is 1. The van der Waals surface area contributed by atoms with Crippen LogP contribution >= 0.6 is 0 Å². The van der Waals surface area contributed by atoms with Crippen LogP contribution in [0, 0.1) is 11.8 Å². The molecule has 4 heteroatoms. The highest BCUT2D eigenvalue weighted by Crippen LogP contribution is 2.32. The minimum absolute atomic E-state index is 0.131. The number of rotatable bonds is 2. The van der Waals surface area contributed by atoms with Crippen LogP contribution in [0.5, 0.6) is 5.75 Å². The first-order valence-corrected chi connectivity index (χ1v) is 6.39. The molecule has 3 unspecified atom stereocenters. The van der Waals surface area contributed by atoms with Crippen molar-refractivity contribution in [3.05, 3.63) is 23.8 Å². The molecule has 2 rings (SSSR count). The van der Waals surface area contributed by atoms with E-state index in [-0.39, 0.29) is 28.9 Å². The normalized spacial score (nSPS) is 27.1. The molecule has 0 saturated heterocycles. The van der Waals surface area contributed by atoms with E-state index in [4.69, 9.17) is 5.73 Å². The minimum Gasteiger partial charge on any atom is -0.505 e. The van der Waals surface area contributed by atoms with Gasteiger partial charge in [-0.25, -0.2) is 0 Å². The van der Waals surface area contributed by atoms with E-state index in [0.717, 1.165) is 12.8 Å². The SMILES string of the molecule is CC1CCC(NC(=O)c2cccc(N)c2O)C1C. The maximum absolute atomic E-state index is 12.1. The number of para-hydroxylation sites is 1. The van der Waals surface area contributed by atoms with E-state index < -0.39 is 0 Å². The van der Waals surface area contributed by atoms with Crippen LogP contribution in [0.4, 0.5) is 5.69 Å². The highest BCUT2D eigenvalue weighted by atomic mass is 16.3. The van der Waals surface area contributed by atoms with Crippen molar-refractivity contribution in [2.45, 2.75) is 32.7 Å². The zero-order valence-electron chi connectivity index (χ0n) is 10.8. The smallest absolute Gasteiger partial charge is 0.255 e. The van der Waals surface area contributed by atoms with Crippen molar-refractivity contribution in [2.75, 3.05) is 5.73 Å². The third kappa shape index (κ3) is 2.28. The van der Waals surface area contributed by atoms with Gasteiger partial charge in [-0.2, -0.15) is 0 Å². The first kappa shape index (κ1) is 12.7. The van der Waals surface area contributed by atoms with Gasteiger partial charge in [0.15, 0.2) is 5.75 Å². The number of nitrogen functional groups attached to an aromatic ring is 1. The fourth-order valence-corrected chi connectivity index (χ4v) is 2.56. The van der Waals surface area contributed by atoms with Gasteiger partial charge in [-0.15, -0.1) is 0 Å². The van der Waals surface area contributed by atoms with E-state index in [1.165, 1.54) is 0 Å². The summed E-state index contributed by atoms with van der Waals surface area (Å²) in [6.45, 7) is 4.36. The maximum Gasteiger partial charge on any atom is 0.255 e. The number of benzene rings is 1. The molecule has 4 nitrogen and oxygen atoms in total. The van der Waals surface area contributed by atoms with E-state index in [1.807, 2.05) is 0 Å². The van der Waals surface area contributed by atoms with Crippen LogP contribution in [0.25, 0.3) is 0 Å². The monoisotopic (exact) mass is 248 g/mol. The molecule has 98 valence electrons. The fourth-order valence-electron chi connectivity index (χ4n) is 2.56. The number of phenols is 1. The number of nitrogens with two attached hydrogens (primary N) is 1. The van der Waals surface area contributed by atoms with Gasteiger partial charge in [0.05, 0.1) is 11.3 Å². The summed E-state index contributed by atoms with van der Waals surface area (Å²) in [4.78, 5) is 12.1. The summed E-state index contributed by atoms with van der Waals surface area (Å²) in [6, 6.07) is 5.02. The molecular formula is C14H20N2O2. The highest BCUT2D eigenvalue weighted by molar-refractivity contribution is 5.98. The van der Waals surface area contributed by atoms with Gasteiger partial charge in [-0.1, -0.05) is 19.9 Å². The first-order valence-electron chi connectivity index (χ1n) is 6.39. The van der Waals surface area contributed by atoms with Gasteiger partial charge in [0.1, 0.15) is 0 Å². The van der Waals surface area contributed by atoms with Crippen molar-refractivity contribution < 1.29 is 9.90 Å². The Labute approximate surface area is 107 Å². The van der Waals surface area contributed by atoms with Crippen molar-refractivity contribution in [3.63, 3.8) is 0 Å². The second-order valence-electron chi connectivity index (χ2n) is 5.24. The predicted octanol–water partition coefficient (Wildman–Crippen LogP) is 2.14. The van der Waals surface area contributed by atoms with Gasteiger partial charge in [-0.05, 0) is 36.8 Å².